The number of fused-ring (bicyclic) bond motifs is 4. The first kappa shape index (κ1) is 23.8. The number of aldehydes is 1. The van der Waals surface area contributed by atoms with E-state index >= 15 is 0 Å². The van der Waals surface area contributed by atoms with Gasteiger partial charge < -0.3 is 34.3 Å². The highest BCUT2D eigenvalue weighted by molar-refractivity contribution is 6.02. The van der Waals surface area contributed by atoms with E-state index < -0.39 is 11.6 Å². The Bertz CT molecular complexity index is 1000. The molecule has 4 rings (SSSR count). The number of amides is 3. The number of piperazine rings is 1. The Morgan fingerprint density at radius 2 is 2.06 bits per heavy atom. The summed E-state index contributed by atoms with van der Waals surface area (Å²) >= 11 is 0. The summed E-state index contributed by atoms with van der Waals surface area (Å²) in [6.45, 7) is 7.86. The van der Waals surface area contributed by atoms with E-state index in [2.05, 4.69) is 10.2 Å². The highest BCUT2D eigenvalue weighted by Gasteiger charge is 2.40. The SMILES string of the molecule is CNC(=O)C(CCC=O)N1Cc2cc3c(cc2C1=O)OCC1CN(C(=O)OC(C)(C)C)CCN31. The Kier molecular flexibility index (Phi) is 6.42. The molecule has 3 amide bonds. The molecule has 184 valence electrons. The number of hydrogen-bond acceptors (Lipinski definition) is 7. The summed E-state index contributed by atoms with van der Waals surface area (Å²) < 4.78 is 11.5. The second-order valence-electron chi connectivity index (χ2n) is 9.87. The maximum absolute atomic E-state index is 13.2. The van der Waals surface area contributed by atoms with E-state index in [0.29, 0.717) is 44.1 Å². The van der Waals surface area contributed by atoms with E-state index in [9.17, 15) is 19.2 Å². The Labute approximate surface area is 199 Å². The molecule has 0 saturated carbocycles. The predicted molar refractivity (Wildman–Crippen MR) is 124 cm³/mol. The minimum atomic E-state index is -0.710. The molecule has 3 aliphatic rings. The highest BCUT2D eigenvalue weighted by Crippen LogP contribution is 2.40. The lowest BCUT2D eigenvalue weighted by molar-refractivity contribution is -0.125. The van der Waals surface area contributed by atoms with Crippen molar-refractivity contribution in [3.8, 4) is 5.75 Å². The second-order valence-corrected chi connectivity index (χ2v) is 9.87. The Morgan fingerprint density at radius 1 is 1.29 bits per heavy atom. The highest BCUT2D eigenvalue weighted by atomic mass is 16.6. The van der Waals surface area contributed by atoms with Crippen LogP contribution in [0.5, 0.6) is 5.75 Å². The molecule has 1 aromatic rings. The maximum Gasteiger partial charge on any atom is 0.410 e. The molecular weight excluding hydrogens is 440 g/mol. The van der Waals surface area contributed by atoms with Gasteiger partial charge in [-0.3, -0.25) is 9.59 Å². The quantitative estimate of drug-likeness (QED) is 0.648. The summed E-state index contributed by atoms with van der Waals surface area (Å²) in [7, 11) is 1.52. The molecule has 34 heavy (non-hydrogen) atoms. The fourth-order valence-corrected chi connectivity index (χ4v) is 4.76. The third-order valence-corrected chi connectivity index (χ3v) is 6.38. The third kappa shape index (κ3) is 4.53. The van der Waals surface area contributed by atoms with Gasteiger partial charge in [-0.05, 0) is 44.9 Å². The Morgan fingerprint density at radius 3 is 2.74 bits per heavy atom. The van der Waals surface area contributed by atoms with Crippen LogP contribution in [0.4, 0.5) is 10.5 Å². The van der Waals surface area contributed by atoms with Crippen molar-refractivity contribution in [2.24, 2.45) is 0 Å². The molecule has 10 heteroatoms. The molecule has 0 radical (unpaired) electrons. The van der Waals surface area contributed by atoms with Gasteiger partial charge in [-0.2, -0.15) is 0 Å². The number of hydrogen-bond donors (Lipinski definition) is 1. The summed E-state index contributed by atoms with van der Waals surface area (Å²) in [4.78, 5) is 54.4. The molecule has 0 spiro atoms. The molecular formula is C24H32N4O6. The van der Waals surface area contributed by atoms with Crippen LogP contribution in [-0.4, -0.2) is 85.0 Å². The van der Waals surface area contributed by atoms with Crippen LogP contribution in [0.25, 0.3) is 0 Å². The summed E-state index contributed by atoms with van der Waals surface area (Å²) in [5, 5.41) is 2.59. The van der Waals surface area contributed by atoms with E-state index in [0.717, 1.165) is 17.5 Å². The van der Waals surface area contributed by atoms with Crippen LogP contribution in [0.1, 0.15) is 49.5 Å². The zero-order valence-corrected chi connectivity index (χ0v) is 20.1. The minimum absolute atomic E-state index is 0.0220. The predicted octanol–water partition coefficient (Wildman–Crippen LogP) is 1.55. The first-order valence-corrected chi connectivity index (χ1v) is 11.6. The van der Waals surface area contributed by atoms with Crippen LogP contribution in [0.3, 0.4) is 0 Å². The van der Waals surface area contributed by atoms with Gasteiger partial charge in [0.15, 0.2) is 0 Å². The van der Waals surface area contributed by atoms with Crippen LogP contribution < -0.4 is 15.0 Å². The fourth-order valence-electron chi connectivity index (χ4n) is 4.76. The number of anilines is 1. The summed E-state index contributed by atoms with van der Waals surface area (Å²) in [6, 6.07) is 2.98. The maximum atomic E-state index is 13.2. The molecule has 1 aromatic carbocycles. The van der Waals surface area contributed by atoms with E-state index in [1.165, 1.54) is 11.9 Å². The number of nitrogens with zero attached hydrogens (tertiary/aromatic N) is 3. The number of benzene rings is 1. The standard InChI is InChI=1S/C24H32N4O6/c1-24(2,3)34-23(32)26-7-8-27-16(13-26)14-33-20-11-17-15(10-19(20)27)12-28(22(17)31)18(6-5-9-29)21(30)25-4/h9-11,16,18H,5-8,12-14H2,1-4H3,(H,25,30). The van der Waals surface area contributed by atoms with Gasteiger partial charge in [-0.1, -0.05) is 0 Å². The monoisotopic (exact) mass is 472 g/mol. The van der Waals surface area contributed by atoms with Crippen molar-refractivity contribution in [3.63, 3.8) is 0 Å². The lowest BCUT2D eigenvalue weighted by atomic mass is 10.0. The van der Waals surface area contributed by atoms with Crippen LogP contribution in [0.15, 0.2) is 12.1 Å². The van der Waals surface area contributed by atoms with Gasteiger partial charge in [0, 0.05) is 45.2 Å². The van der Waals surface area contributed by atoms with Crippen molar-refractivity contribution in [1.29, 1.82) is 0 Å². The minimum Gasteiger partial charge on any atom is -0.489 e. The van der Waals surface area contributed by atoms with Gasteiger partial charge in [0.2, 0.25) is 5.91 Å². The van der Waals surface area contributed by atoms with E-state index in [-0.39, 0.29) is 36.8 Å². The zero-order valence-electron chi connectivity index (χ0n) is 20.1. The lowest BCUT2D eigenvalue weighted by Crippen LogP contribution is -2.59. The van der Waals surface area contributed by atoms with Crippen LogP contribution in [0.2, 0.25) is 0 Å². The molecule has 2 unspecified atom stereocenters. The molecule has 1 N–H and O–H groups in total. The number of rotatable bonds is 5. The van der Waals surface area contributed by atoms with Crippen molar-refractivity contribution in [2.45, 2.75) is 57.8 Å². The molecule has 1 fully saturated rings. The molecule has 1 saturated heterocycles. The molecule has 2 atom stereocenters. The molecule has 0 aliphatic carbocycles. The molecule has 3 aliphatic heterocycles. The van der Waals surface area contributed by atoms with Gasteiger partial charge in [-0.25, -0.2) is 4.79 Å². The van der Waals surface area contributed by atoms with Crippen molar-refractivity contribution >= 4 is 29.9 Å². The van der Waals surface area contributed by atoms with Crippen LogP contribution in [0, 0.1) is 0 Å². The molecule has 3 heterocycles. The first-order valence-electron chi connectivity index (χ1n) is 11.6. The largest absolute Gasteiger partial charge is 0.489 e. The summed E-state index contributed by atoms with van der Waals surface area (Å²) in [5.74, 6) is 0.0976. The third-order valence-electron chi connectivity index (χ3n) is 6.38. The van der Waals surface area contributed by atoms with E-state index in [1.54, 1.807) is 11.0 Å². The second kappa shape index (κ2) is 9.15. The normalized spacial score (nSPS) is 20.1. The average Bonchev–Trinajstić information content (AvgIpc) is 3.11. The molecule has 10 nitrogen and oxygen atoms in total. The van der Waals surface area contributed by atoms with Crippen molar-refractivity contribution in [2.75, 3.05) is 38.2 Å². The fraction of sp³-hybridized carbons (Fsp3) is 0.583. The number of ether oxygens (including phenoxy) is 2. The molecule has 0 bridgehead atoms. The van der Waals surface area contributed by atoms with Crippen molar-refractivity contribution < 1.29 is 28.7 Å². The van der Waals surface area contributed by atoms with Gasteiger partial charge in [0.1, 0.15) is 30.3 Å². The van der Waals surface area contributed by atoms with E-state index in [1.807, 2.05) is 26.8 Å². The lowest BCUT2D eigenvalue weighted by Gasteiger charge is -2.45. The van der Waals surface area contributed by atoms with Gasteiger partial charge in [0.25, 0.3) is 5.91 Å². The Balaban J connectivity index is 1.53. The van der Waals surface area contributed by atoms with Gasteiger partial charge in [0.05, 0.1) is 11.7 Å². The topological polar surface area (TPSA) is 108 Å². The van der Waals surface area contributed by atoms with Crippen molar-refractivity contribution in [1.82, 2.24) is 15.1 Å². The number of carbonyl (C=O) groups excluding carboxylic acids is 4. The van der Waals surface area contributed by atoms with Gasteiger partial charge in [-0.15, -0.1) is 0 Å². The van der Waals surface area contributed by atoms with E-state index in [4.69, 9.17) is 9.47 Å². The zero-order chi connectivity index (χ0) is 24.6. The summed E-state index contributed by atoms with van der Waals surface area (Å²) in [6.07, 6.45) is 0.895. The number of nitrogens with one attached hydrogen (secondary N) is 1. The first-order chi connectivity index (χ1) is 16.1. The average molecular weight is 473 g/mol. The summed E-state index contributed by atoms with van der Waals surface area (Å²) in [5.41, 5.74) is 1.67. The van der Waals surface area contributed by atoms with Crippen LogP contribution >= 0.6 is 0 Å². The Hall–Kier alpha value is -3.30. The van der Waals surface area contributed by atoms with Crippen LogP contribution in [-0.2, 0) is 20.9 Å². The molecule has 0 aromatic heterocycles. The smallest absolute Gasteiger partial charge is 0.410 e. The number of likely N-dealkylation sites (N-methyl/N-ethyl adjacent to an activating group) is 1. The van der Waals surface area contributed by atoms with Crippen molar-refractivity contribution in [3.05, 3.63) is 23.3 Å². The number of carbonyl (C=O) groups is 4. The van der Waals surface area contributed by atoms with Gasteiger partial charge >= 0.3 is 6.09 Å².